The van der Waals surface area contributed by atoms with Crippen molar-refractivity contribution in [2.75, 3.05) is 6.61 Å². The molecule has 2 aliphatic rings. The van der Waals surface area contributed by atoms with Crippen LogP contribution in [0.4, 0.5) is 0 Å². The fourth-order valence-corrected chi connectivity index (χ4v) is 3.57. The van der Waals surface area contributed by atoms with Gasteiger partial charge in [0, 0.05) is 12.1 Å². The molecule has 1 saturated heterocycles. The Morgan fingerprint density at radius 1 is 1.29 bits per heavy atom. The smallest absolute Gasteiger partial charge is 0.0729 e. The Labute approximate surface area is 107 Å². The first-order valence-electron chi connectivity index (χ1n) is 7.56. The molecule has 1 aliphatic carbocycles. The molecule has 2 rings (SSSR count). The van der Waals surface area contributed by atoms with Crippen molar-refractivity contribution in [3.05, 3.63) is 0 Å². The van der Waals surface area contributed by atoms with Crippen molar-refractivity contribution in [2.45, 2.75) is 77.5 Å². The second kappa shape index (κ2) is 6.19. The Kier molecular flexibility index (Phi) is 4.87. The molecule has 0 aromatic carbocycles. The van der Waals surface area contributed by atoms with Crippen LogP contribution in [0.25, 0.3) is 0 Å². The van der Waals surface area contributed by atoms with Gasteiger partial charge in [0.2, 0.25) is 0 Å². The van der Waals surface area contributed by atoms with Crippen molar-refractivity contribution in [1.82, 2.24) is 5.32 Å². The van der Waals surface area contributed by atoms with Gasteiger partial charge >= 0.3 is 0 Å². The lowest BCUT2D eigenvalue weighted by molar-refractivity contribution is -0.0584. The van der Waals surface area contributed by atoms with Crippen molar-refractivity contribution >= 4 is 0 Å². The lowest BCUT2D eigenvalue weighted by Crippen LogP contribution is -2.56. The molecule has 0 spiro atoms. The summed E-state index contributed by atoms with van der Waals surface area (Å²) in [5, 5.41) is 3.85. The molecule has 0 bridgehead atoms. The van der Waals surface area contributed by atoms with E-state index in [1.54, 1.807) is 0 Å². The minimum absolute atomic E-state index is 0.506. The maximum absolute atomic E-state index is 6.06. The molecule has 0 aromatic heterocycles. The van der Waals surface area contributed by atoms with Gasteiger partial charge in [-0.3, -0.25) is 0 Å². The highest BCUT2D eigenvalue weighted by atomic mass is 16.5. The molecule has 0 aromatic rings. The van der Waals surface area contributed by atoms with E-state index in [4.69, 9.17) is 4.74 Å². The predicted molar refractivity (Wildman–Crippen MR) is 72.2 cm³/mol. The molecular formula is C15H29NO. The summed E-state index contributed by atoms with van der Waals surface area (Å²) in [5.74, 6) is 1.71. The number of morpholine rings is 1. The van der Waals surface area contributed by atoms with Crippen LogP contribution in [0.1, 0.15) is 59.3 Å². The molecule has 2 heteroatoms. The second-order valence-electron chi connectivity index (χ2n) is 6.44. The van der Waals surface area contributed by atoms with Crippen molar-refractivity contribution in [3.8, 4) is 0 Å². The maximum atomic E-state index is 6.06. The summed E-state index contributed by atoms with van der Waals surface area (Å²) in [4.78, 5) is 0. The molecular weight excluding hydrogens is 210 g/mol. The number of hydrogen-bond donors (Lipinski definition) is 1. The molecule has 1 aliphatic heterocycles. The Balaban J connectivity index is 1.83. The van der Waals surface area contributed by atoms with Crippen LogP contribution < -0.4 is 5.32 Å². The topological polar surface area (TPSA) is 21.3 Å². The third-order valence-electron chi connectivity index (χ3n) is 4.31. The Hall–Kier alpha value is -0.0800. The van der Waals surface area contributed by atoms with Gasteiger partial charge in [-0.1, -0.05) is 33.6 Å². The fraction of sp³-hybridized carbons (Fsp3) is 1.00. The van der Waals surface area contributed by atoms with E-state index < -0.39 is 0 Å². The third-order valence-corrected chi connectivity index (χ3v) is 4.31. The van der Waals surface area contributed by atoms with Crippen molar-refractivity contribution in [3.63, 3.8) is 0 Å². The Morgan fingerprint density at radius 3 is 2.82 bits per heavy atom. The van der Waals surface area contributed by atoms with E-state index >= 15 is 0 Å². The van der Waals surface area contributed by atoms with E-state index in [0.717, 1.165) is 18.4 Å². The lowest BCUT2D eigenvalue weighted by Gasteiger charge is -2.43. The first kappa shape index (κ1) is 13.4. The molecule has 17 heavy (non-hydrogen) atoms. The van der Waals surface area contributed by atoms with Gasteiger partial charge in [-0.05, 0) is 37.5 Å². The van der Waals surface area contributed by atoms with Gasteiger partial charge in [-0.25, -0.2) is 0 Å². The van der Waals surface area contributed by atoms with Crippen molar-refractivity contribution < 1.29 is 4.74 Å². The van der Waals surface area contributed by atoms with Crippen LogP contribution in [-0.4, -0.2) is 24.8 Å². The van der Waals surface area contributed by atoms with Crippen LogP contribution >= 0.6 is 0 Å². The molecule has 1 heterocycles. The minimum atomic E-state index is 0.506. The van der Waals surface area contributed by atoms with Crippen molar-refractivity contribution in [1.29, 1.82) is 0 Å². The number of hydrogen-bond acceptors (Lipinski definition) is 2. The average molecular weight is 239 g/mol. The van der Waals surface area contributed by atoms with Crippen LogP contribution in [0.3, 0.4) is 0 Å². The van der Waals surface area contributed by atoms with Gasteiger partial charge in [0.25, 0.3) is 0 Å². The molecule has 0 amide bonds. The SMILES string of the molecule is CCCC1CCC2OCC(CC(C)C)NC2C1. The summed E-state index contributed by atoms with van der Waals surface area (Å²) in [6.45, 7) is 7.83. The van der Waals surface area contributed by atoms with Crippen LogP contribution in [0, 0.1) is 11.8 Å². The van der Waals surface area contributed by atoms with Crippen LogP contribution in [0.2, 0.25) is 0 Å². The van der Waals surface area contributed by atoms with Crippen molar-refractivity contribution in [2.24, 2.45) is 11.8 Å². The molecule has 1 saturated carbocycles. The second-order valence-corrected chi connectivity index (χ2v) is 6.44. The average Bonchev–Trinajstić information content (AvgIpc) is 2.28. The van der Waals surface area contributed by atoms with Crippen LogP contribution in [0.5, 0.6) is 0 Å². The fourth-order valence-electron chi connectivity index (χ4n) is 3.57. The normalized spacial score (nSPS) is 38.1. The van der Waals surface area contributed by atoms with Gasteiger partial charge in [-0.2, -0.15) is 0 Å². The number of fused-ring (bicyclic) bond motifs is 1. The molecule has 100 valence electrons. The third kappa shape index (κ3) is 3.69. The highest BCUT2D eigenvalue weighted by molar-refractivity contribution is 4.91. The monoisotopic (exact) mass is 239 g/mol. The minimum Gasteiger partial charge on any atom is -0.375 e. The predicted octanol–water partition coefficient (Wildman–Crippen LogP) is 3.36. The van der Waals surface area contributed by atoms with Gasteiger partial charge in [0.15, 0.2) is 0 Å². The summed E-state index contributed by atoms with van der Waals surface area (Å²) in [6, 6.07) is 1.23. The first-order chi connectivity index (χ1) is 8.19. The standard InChI is InChI=1S/C15H29NO/c1-4-5-12-6-7-15-14(9-12)16-13(10-17-15)8-11(2)3/h11-16H,4-10H2,1-3H3. The first-order valence-corrected chi connectivity index (χ1v) is 7.56. The summed E-state index contributed by atoms with van der Waals surface area (Å²) < 4.78 is 6.06. The van der Waals surface area contributed by atoms with E-state index in [1.807, 2.05) is 0 Å². The maximum Gasteiger partial charge on any atom is 0.0729 e. The van der Waals surface area contributed by atoms with Gasteiger partial charge in [0.05, 0.1) is 12.7 Å². The summed E-state index contributed by atoms with van der Waals surface area (Å²) >= 11 is 0. The van der Waals surface area contributed by atoms with Gasteiger partial charge in [0.1, 0.15) is 0 Å². The molecule has 4 atom stereocenters. The van der Waals surface area contributed by atoms with E-state index in [9.17, 15) is 0 Å². The van der Waals surface area contributed by atoms with E-state index in [-0.39, 0.29) is 0 Å². The zero-order valence-electron chi connectivity index (χ0n) is 11.7. The molecule has 0 radical (unpaired) electrons. The number of rotatable bonds is 4. The van der Waals surface area contributed by atoms with E-state index in [0.29, 0.717) is 18.2 Å². The van der Waals surface area contributed by atoms with E-state index in [2.05, 4.69) is 26.1 Å². The number of nitrogens with one attached hydrogen (secondary N) is 1. The molecule has 4 unspecified atom stereocenters. The zero-order chi connectivity index (χ0) is 12.3. The Morgan fingerprint density at radius 2 is 2.12 bits per heavy atom. The van der Waals surface area contributed by atoms with E-state index in [1.165, 1.54) is 38.5 Å². The van der Waals surface area contributed by atoms with Crippen LogP contribution in [0.15, 0.2) is 0 Å². The lowest BCUT2D eigenvalue weighted by atomic mass is 9.80. The van der Waals surface area contributed by atoms with Gasteiger partial charge < -0.3 is 10.1 Å². The quantitative estimate of drug-likeness (QED) is 0.812. The zero-order valence-corrected chi connectivity index (χ0v) is 11.7. The summed E-state index contributed by atoms with van der Waals surface area (Å²) in [6.07, 6.45) is 8.49. The number of ether oxygens (including phenoxy) is 1. The highest BCUT2D eigenvalue weighted by Crippen LogP contribution is 2.32. The highest BCUT2D eigenvalue weighted by Gasteiger charge is 2.35. The van der Waals surface area contributed by atoms with Gasteiger partial charge in [-0.15, -0.1) is 0 Å². The Bertz CT molecular complexity index is 229. The molecule has 2 nitrogen and oxygen atoms in total. The molecule has 2 fully saturated rings. The van der Waals surface area contributed by atoms with Crippen LogP contribution in [-0.2, 0) is 4.74 Å². The summed E-state index contributed by atoms with van der Waals surface area (Å²) in [5.41, 5.74) is 0. The molecule has 1 N–H and O–H groups in total. The summed E-state index contributed by atoms with van der Waals surface area (Å²) in [7, 11) is 0. The largest absolute Gasteiger partial charge is 0.375 e.